The molecule has 7 rings (SSSR count). The molecule has 7 aromatic rings. The third-order valence-electron chi connectivity index (χ3n) is 10.1. The van der Waals surface area contributed by atoms with Crippen molar-refractivity contribution in [3.8, 4) is 67.9 Å². The van der Waals surface area contributed by atoms with Crippen molar-refractivity contribution in [2.24, 2.45) is 0 Å². The van der Waals surface area contributed by atoms with Gasteiger partial charge in [0, 0.05) is 47.2 Å². The van der Waals surface area contributed by atoms with E-state index in [2.05, 4.69) is 105 Å². The molecule has 0 aromatic carbocycles. The average Bonchev–Trinajstić information content (AvgIpc) is 4.13. The molecule has 0 aliphatic heterocycles. The number of aryl methyl sites for hydroxylation is 1. The molecular formula is C51H48F3N7O4RuS3. The topological polar surface area (TPSA) is 153 Å². The molecule has 0 amide bonds. The largest absolute Gasteiger partial charge is 2.00 e. The molecule has 11 nitrogen and oxygen atoms in total. The number of carbonyl (C=O) groups is 2. The zero-order valence-corrected chi connectivity index (χ0v) is 42.4. The Labute approximate surface area is 426 Å². The molecule has 7 heterocycles. The summed E-state index contributed by atoms with van der Waals surface area (Å²) in [5.41, 5.74) is 5.78. The Morgan fingerprint density at radius 1 is 0.739 bits per heavy atom. The number of alkyl halides is 3. The number of hydrogen-bond donors (Lipinski definition) is 0. The monoisotopic (exact) mass is 1080 g/mol. The van der Waals surface area contributed by atoms with Crippen LogP contribution in [0, 0.1) is 11.8 Å². The number of halogens is 3. The fraction of sp³-hybridized carbons (Fsp3) is 0.294. The molecule has 0 unspecified atom stereocenters. The van der Waals surface area contributed by atoms with E-state index >= 15 is 0 Å². The molecule has 0 fully saturated rings. The molecule has 0 radical (unpaired) electrons. The first-order chi connectivity index (χ1) is 32.8. The van der Waals surface area contributed by atoms with E-state index in [4.69, 9.17) is 14.9 Å². The van der Waals surface area contributed by atoms with Crippen LogP contribution in [0.1, 0.15) is 106 Å². The van der Waals surface area contributed by atoms with Gasteiger partial charge in [-0.2, -0.15) is 18.3 Å². The maximum Gasteiger partial charge on any atom is 2.00 e. The molecule has 0 spiro atoms. The molecule has 0 atom stereocenters. The van der Waals surface area contributed by atoms with Crippen molar-refractivity contribution in [2.75, 3.05) is 0 Å². The summed E-state index contributed by atoms with van der Waals surface area (Å²) in [6.07, 6.45) is 11.5. The van der Waals surface area contributed by atoms with Gasteiger partial charge >= 0.3 is 25.7 Å². The number of carbonyl (C=O) groups excluding carboxylic acids is 2. The van der Waals surface area contributed by atoms with Crippen molar-refractivity contribution < 1.29 is 51.7 Å². The standard InChI is InChI=1S/C27H21N3O4S.C23H27F3N3S.CNS.Ru/c1-27(2,3)19-11-22(35-15-19)5-4-18-6-8-28-23(10-18)25-13-21(34-17-32)14-26(30-25)24-12-20(33-16-31)7-9-29-24;1-2-3-4-5-6-7-8-9-10-17-12-14-30-22(17)18-11-13-27-19(15-18)20-16-21(29-28-20)23(24,25)26;2-1-3;/h6-17H,1-3H3;11-16H,2-10H2,1H3;;/q;2*-1;+2. The van der Waals surface area contributed by atoms with E-state index < -0.39 is 11.9 Å². The van der Waals surface area contributed by atoms with E-state index in [0.29, 0.717) is 47.2 Å². The molecule has 0 N–H and O–H groups in total. The molecular weight excluding hydrogens is 1030 g/mol. The molecule has 0 saturated heterocycles. The van der Waals surface area contributed by atoms with Crippen LogP contribution in [0.3, 0.4) is 0 Å². The van der Waals surface area contributed by atoms with Gasteiger partial charge in [0.1, 0.15) is 17.2 Å². The van der Waals surface area contributed by atoms with Gasteiger partial charge in [0.25, 0.3) is 12.9 Å². The van der Waals surface area contributed by atoms with Crippen LogP contribution >= 0.6 is 34.9 Å². The average molecular weight is 1080 g/mol. The number of ether oxygens (including phenoxy) is 2. The summed E-state index contributed by atoms with van der Waals surface area (Å²) in [5, 5.41) is 19.6. The minimum atomic E-state index is -4.50. The Hall–Kier alpha value is -6.08. The maximum absolute atomic E-state index is 12.8. The number of nitrogens with zero attached hydrogens (tertiary/aromatic N) is 7. The predicted octanol–water partition coefficient (Wildman–Crippen LogP) is 13.2. The fourth-order valence-electron chi connectivity index (χ4n) is 6.65. The predicted molar refractivity (Wildman–Crippen MR) is 264 cm³/mol. The zero-order chi connectivity index (χ0) is 48.9. The van der Waals surface area contributed by atoms with E-state index in [0.717, 1.165) is 39.8 Å². The van der Waals surface area contributed by atoms with Crippen LogP contribution in [-0.4, -0.2) is 43.1 Å². The Morgan fingerprint density at radius 2 is 1.35 bits per heavy atom. The minimum Gasteiger partial charge on any atom is -0.753 e. The van der Waals surface area contributed by atoms with Crippen LogP contribution in [0.2, 0.25) is 0 Å². The van der Waals surface area contributed by atoms with E-state index in [-0.39, 0.29) is 36.3 Å². The van der Waals surface area contributed by atoms with Crippen molar-refractivity contribution in [1.29, 1.82) is 0 Å². The van der Waals surface area contributed by atoms with Gasteiger partial charge in [0.05, 0.1) is 33.3 Å². The maximum atomic E-state index is 12.8. The Bertz CT molecular complexity index is 2840. The number of pyridine rings is 4. The number of hydrogen-bond acceptors (Lipinski definition) is 12. The van der Waals surface area contributed by atoms with Crippen molar-refractivity contribution in [2.45, 2.75) is 97.1 Å². The van der Waals surface area contributed by atoms with Crippen LogP contribution in [0.15, 0.2) is 96.1 Å². The summed E-state index contributed by atoms with van der Waals surface area (Å²) in [7, 11) is 0. The summed E-state index contributed by atoms with van der Waals surface area (Å²) < 4.78 is 48.4. The summed E-state index contributed by atoms with van der Waals surface area (Å²) in [4.78, 5) is 41.4. The third-order valence-corrected chi connectivity index (χ3v) is 12.0. The second-order valence-corrected chi connectivity index (χ2v) is 18.2. The molecule has 0 saturated carbocycles. The first-order valence-corrected chi connectivity index (χ1v) is 23.8. The molecule has 69 heavy (non-hydrogen) atoms. The van der Waals surface area contributed by atoms with E-state index in [1.165, 1.54) is 67.4 Å². The Morgan fingerprint density at radius 3 is 1.99 bits per heavy atom. The number of thiophene rings is 2. The van der Waals surface area contributed by atoms with Gasteiger partial charge in [-0.05, 0) is 94.2 Å². The van der Waals surface area contributed by atoms with Gasteiger partial charge in [-0.15, -0.1) is 22.7 Å². The van der Waals surface area contributed by atoms with Gasteiger partial charge in [-0.3, -0.25) is 24.5 Å². The SMILES string of the molecule is CC(C)(C)c1csc(C#Cc2ccnc(-c3cc(OC=O)cc(-c4cc(OC=O)ccn4)n3)c2)c1.CCCCCCCCCCc1ccsc1-c1ccnc(-c2cc(C(F)(F)F)n[n-]2)c1.[N-]=C=S.[Ru+2]. The quantitative estimate of drug-likeness (QED) is 0.0214. The summed E-state index contributed by atoms with van der Waals surface area (Å²) in [6, 6.07) is 18.8. The van der Waals surface area contributed by atoms with Gasteiger partial charge in [0.15, 0.2) is 0 Å². The van der Waals surface area contributed by atoms with E-state index in [1.807, 2.05) is 18.2 Å². The molecule has 18 heteroatoms. The molecule has 358 valence electrons. The number of rotatable bonds is 17. The second-order valence-electron chi connectivity index (χ2n) is 16.1. The number of aromatic nitrogens is 6. The van der Waals surface area contributed by atoms with Gasteiger partial charge in [-0.1, -0.05) is 102 Å². The molecule has 0 bridgehead atoms. The van der Waals surface area contributed by atoms with Crippen molar-refractivity contribution in [1.82, 2.24) is 30.1 Å². The third kappa shape index (κ3) is 17.4. The summed E-state index contributed by atoms with van der Waals surface area (Å²) in [5.74, 6) is 6.99. The number of unbranched alkanes of at least 4 members (excludes halogenated alkanes) is 7. The molecule has 0 aliphatic carbocycles. The van der Waals surface area contributed by atoms with Gasteiger partial charge in [-0.25, -0.2) is 4.98 Å². The van der Waals surface area contributed by atoms with Crippen molar-refractivity contribution in [3.05, 3.63) is 129 Å². The minimum absolute atomic E-state index is 0. The van der Waals surface area contributed by atoms with Crippen molar-refractivity contribution in [3.63, 3.8) is 0 Å². The number of thiocarbonyl (C=S) groups is 1. The molecule has 7 aromatic heterocycles. The van der Waals surface area contributed by atoms with Crippen LogP contribution in [-0.2, 0) is 47.1 Å². The summed E-state index contributed by atoms with van der Waals surface area (Å²) in [6.45, 7) is 9.42. The van der Waals surface area contributed by atoms with Gasteiger partial charge < -0.3 is 25.1 Å². The van der Waals surface area contributed by atoms with E-state index in [1.54, 1.807) is 65.4 Å². The van der Waals surface area contributed by atoms with E-state index in [9.17, 15) is 22.8 Å². The zero-order valence-electron chi connectivity index (χ0n) is 38.2. The first kappa shape index (κ1) is 55.5. The Kier molecular flexibility index (Phi) is 22.4. The van der Waals surface area contributed by atoms with Crippen LogP contribution in [0.25, 0.3) is 50.0 Å². The van der Waals surface area contributed by atoms with Crippen molar-refractivity contribution >= 4 is 53.0 Å². The van der Waals surface area contributed by atoms with Crippen LogP contribution < -0.4 is 14.6 Å². The number of isothiocyanates is 1. The smallest absolute Gasteiger partial charge is 0.753 e. The second kappa shape index (κ2) is 27.8. The van der Waals surface area contributed by atoms with Crippen LogP contribution in [0.5, 0.6) is 11.5 Å². The van der Waals surface area contributed by atoms with Crippen LogP contribution in [0.4, 0.5) is 13.2 Å². The first-order valence-electron chi connectivity index (χ1n) is 21.6. The summed E-state index contributed by atoms with van der Waals surface area (Å²) >= 11 is 6.97. The molecule has 0 aliphatic rings. The Balaban J connectivity index is 0.000000283. The normalized spacial score (nSPS) is 10.7. The van der Waals surface area contributed by atoms with Gasteiger partial charge in [0.2, 0.25) is 0 Å². The fourth-order valence-corrected chi connectivity index (χ4v) is 8.59.